The number of carbonyl (C=O) groups excluding carboxylic acids is 1. The second kappa shape index (κ2) is 7.84. The molecule has 0 saturated carbocycles. The number of amides is 1. The number of nitrogens with zero attached hydrogens (tertiary/aromatic N) is 3. The molecule has 1 N–H and O–H groups in total. The van der Waals surface area contributed by atoms with Crippen LogP contribution < -0.4 is 5.32 Å². The molecule has 1 aliphatic rings. The van der Waals surface area contributed by atoms with Crippen LogP contribution in [0, 0.1) is 0 Å². The van der Waals surface area contributed by atoms with Gasteiger partial charge in [0.05, 0.1) is 25.0 Å². The Labute approximate surface area is 177 Å². The van der Waals surface area contributed by atoms with Crippen molar-refractivity contribution in [3.8, 4) is 11.5 Å². The predicted molar refractivity (Wildman–Crippen MR) is 110 cm³/mol. The Bertz CT molecular complexity index is 1180. The van der Waals surface area contributed by atoms with E-state index in [2.05, 4.69) is 15.6 Å². The monoisotopic (exact) mass is 422 g/mol. The maximum atomic E-state index is 12.7. The van der Waals surface area contributed by atoms with E-state index in [4.69, 9.17) is 20.5 Å². The van der Waals surface area contributed by atoms with Crippen LogP contribution in [0.5, 0.6) is 0 Å². The highest BCUT2D eigenvalue weighted by atomic mass is 35.5. The lowest BCUT2D eigenvalue weighted by Crippen LogP contribution is -2.31. The van der Waals surface area contributed by atoms with Gasteiger partial charge in [-0.1, -0.05) is 35.0 Å². The number of benzene rings is 1. The van der Waals surface area contributed by atoms with E-state index in [1.54, 1.807) is 24.5 Å². The number of carbonyl (C=O) groups is 1. The van der Waals surface area contributed by atoms with Gasteiger partial charge in [0.15, 0.2) is 11.5 Å². The van der Waals surface area contributed by atoms with E-state index < -0.39 is 0 Å². The summed E-state index contributed by atoms with van der Waals surface area (Å²) in [6, 6.07) is 12.7. The average molecular weight is 423 g/mol. The van der Waals surface area contributed by atoms with Gasteiger partial charge in [-0.05, 0) is 43.0 Å². The zero-order chi connectivity index (χ0) is 20.5. The van der Waals surface area contributed by atoms with Crippen molar-refractivity contribution in [1.29, 1.82) is 0 Å². The smallest absolute Gasteiger partial charge is 0.273 e. The van der Waals surface area contributed by atoms with Gasteiger partial charge in [0.25, 0.3) is 5.91 Å². The van der Waals surface area contributed by atoms with Crippen molar-refractivity contribution in [1.82, 2.24) is 20.3 Å². The first kappa shape index (κ1) is 18.7. The van der Waals surface area contributed by atoms with Crippen LogP contribution in [0.4, 0.5) is 0 Å². The Hall–Kier alpha value is -3.32. The Balaban J connectivity index is 1.33. The molecule has 8 heteroatoms. The van der Waals surface area contributed by atoms with Crippen molar-refractivity contribution in [2.45, 2.75) is 31.8 Å². The summed E-state index contributed by atoms with van der Waals surface area (Å²) in [7, 11) is 0. The first-order valence-electron chi connectivity index (χ1n) is 9.78. The zero-order valence-corrected chi connectivity index (χ0v) is 16.8. The third-order valence-electron chi connectivity index (χ3n) is 5.35. The van der Waals surface area contributed by atoms with Crippen LogP contribution in [-0.2, 0) is 13.0 Å². The van der Waals surface area contributed by atoms with Crippen LogP contribution in [-0.4, -0.2) is 20.8 Å². The number of halogens is 1. The van der Waals surface area contributed by atoms with Gasteiger partial charge in [-0.25, -0.2) is 0 Å². The molecule has 0 fully saturated rings. The minimum Gasteiger partial charge on any atom is -0.461 e. The number of nitrogens with one attached hydrogen (secondary N) is 1. The fourth-order valence-electron chi connectivity index (χ4n) is 3.84. The van der Waals surface area contributed by atoms with E-state index >= 15 is 0 Å². The molecule has 0 aliphatic heterocycles. The summed E-state index contributed by atoms with van der Waals surface area (Å²) in [6.45, 7) is 0.603. The Morgan fingerprint density at radius 3 is 2.97 bits per heavy atom. The minimum atomic E-state index is -0.284. The second-order valence-electron chi connectivity index (χ2n) is 7.27. The molecular formula is C22H19ClN4O3. The number of fused-ring (bicyclic) bond motifs is 1. The van der Waals surface area contributed by atoms with Gasteiger partial charge < -0.3 is 14.3 Å². The molecule has 3 aromatic heterocycles. The van der Waals surface area contributed by atoms with Crippen LogP contribution in [0.1, 0.15) is 46.2 Å². The van der Waals surface area contributed by atoms with Crippen LogP contribution in [0.15, 0.2) is 63.9 Å². The van der Waals surface area contributed by atoms with Crippen molar-refractivity contribution < 1.29 is 13.7 Å². The van der Waals surface area contributed by atoms with Gasteiger partial charge in [0.2, 0.25) is 5.76 Å². The highest BCUT2D eigenvalue weighted by molar-refractivity contribution is 6.31. The summed E-state index contributed by atoms with van der Waals surface area (Å²) in [5, 5.41) is 12.2. The molecule has 1 amide bonds. The summed E-state index contributed by atoms with van der Waals surface area (Å²) >= 11 is 6.31. The van der Waals surface area contributed by atoms with Crippen molar-refractivity contribution in [3.63, 3.8) is 0 Å². The molecule has 5 rings (SSSR count). The molecular weight excluding hydrogens is 404 g/mol. The quantitative estimate of drug-likeness (QED) is 0.506. The van der Waals surface area contributed by atoms with Crippen LogP contribution in [0.25, 0.3) is 11.5 Å². The summed E-state index contributed by atoms with van der Waals surface area (Å²) < 4.78 is 12.5. The SMILES string of the molecule is O=C(N[C@@H]1CCCc2c1cnn2Cc1ccccc1Cl)c1cc(-c2ccco2)on1. The van der Waals surface area contributed by atoms with Crippen molar-refractivity contribution >= 4 is 17.5 Å². The first-order valence-corrected chi connectivity index (χ1v) is 10.2. The van der Waals surface area contributed by atoms with Crippen LogP contribution >= 0.6 is 11.6 Å². The molecule has 0 unspecified atom stereocenters. The van der Waals surface area contributed by atoms with E-state index in [1.165, 1.54) is 0 Å². The molecule has 152 valence electrons. The molecule has 30 heavy (non-hydrogen) atoms. The molecule has 4 aromatic rings. The number of rotatable bonds is 5. The Morgan fingerprint density at radius 2 is 2.13 bits per heavy atom. The average Bonchev–Trinajstić information content (AvgIpc) is 3.51. The van der Waals surface area contributed by atoms with Gasteiger partial charge >= 0.3 is 0 Å². The van der Waals surface area contributed by atoms with E-state index in [-0.39, 0.29) is 17.6 Å². The van der Waals surface area contributed by atoms with E-state index in [0.717, 1.165) is 41.1 Å². The normalized spacial score (nSPS) is 15.7. The van der Waals surface area contributed by atoms with E-state index in [0.29, 0.717) is 18.1 Å². The minimum absolute atomic E-state index is 0.120. The maximum Gasteiger partial charge on any atom is 0.273 e. The van der Waals surface area contributed by atoms with E-state index in [9.17, 15) is 4.79 Å². The van der Waals surface area contributed by atoms with Crippen molar-refractivity contribution in [2.24, 2.45) is 0 Å². The summed E-state index contributed by atoms with van der Waals surface area (Å²) in [5.41, 5.74) is 3.40. The zero-order valence-electron chi connectivity index (χ0n) is 16.0. The Kier molecular flexibility index (Phi) is 4.88. The second-order valence-corrected chi connectivity index (χ2v) is 7.67. The fraction of sp³-hybridized carbons (Fsp3) is 0.227. The third kappa shape index (κ3) is 3.52. The van der Waals surface area contributed by atoms with Gasteiger partial charge in [-0.3, -0.25) is 9.48 Å². The molecule has 1 aliphatic carbocycles. The summed E-state index contributed by atoms with van der Waals surface area (Å²) in [5.74, 6) is 0.664. The Morgan fingerprint density at radius 1 is 1.23 bits per heavy atom. The van der Waals surface area contributed by atoms with Gasteiger partial charge in [0, 0.05) is 22.3 Å². The molecule has 0 spiro atoms. The fourth-order valence-corrected chi connectivity index (χ4v) is 4.04. The standard InChI is InChI=1S/C22H19ClN4O3/c23-16-6-2-1-5-14(16)13-27-19-8-3-7-17(15(19)12-24-27)25-22(28)18-11-21(30-26-18)20-9-4-10-29-20/h1-2,4-6,9-12,17H,3,7-8,13H2,(H,25,28)/t17-/m1/s1. The summed E-state index contributed by atoms with van der Waals surface area (Å²) in [4.78, 5) is 12.7. The number of furan rings is 1. The van der Waals surface area contributed by atoms with Crippen molar-refractivity contribution in [3.05, 3.63) is 82.5 Å². The lowest BCUT2D eigenvalue weighted by Gasteiger charge is -2.24. The maximum absolute atomic E-state index is 12.7. The topological polar surface area (TPSA) is 86.1 Å². The molecule has 1 atom stereocenters. The van der Waals surface area contributed by atoms with Crippen molar-refractivity contribution in [2.75, 3.05) is 0 Å². The lowest BCUT2D eigenvalue weighted by molar-refractivity contribution is 0.0923. The molecule has 0 radical (unpaired) electrons. The lowest BCUT2D eigenvalue weighted by atomic mass is 9.92. The largest absolute Gasteiger partial charge is 0.461 e. The third-order valence-corrected chi connectivity index (χ3v) is 5.72. The number of aromatic nitrogens is 3. The molecule has 1 aromatic carbocycles. The first-order chi connectivity index (χ1) is 14.7. The van der Waals surface area contributed by atoms with E-state index in [1.807, 2.05) is 35.1 Å². The summed E-state index contributed by atoms with van der Waals surface area (Å²) in [6.07, 6.45) is 6.11. The highest BCUT2D eigenvalue weighted by Gasteiger charge is 2.27. The predicted octanol–water partition coefficient (Wildman–Crippen LogP) is 4.64. The van der Waals surface area contributed by atoms with Gasteiger partial charge in [-0.2, -0.15) is 5.10 Å². The van der Waals surface area contributed by atoms with Crippen LogP contribution in [0.3, 0.4) is 0 Å². The van der Waals surface area contributed by atoms with Crippen LogP contribution in [0.2, 0.25) is 5.02 Å². The van der Waals surface area contributed by atoms with Gasteiger partial charge in [-0.15, -0.1) is 0 Å². The molecule has 0 saturated heterocycles. The molecule has 7 nitrogen and oxygen atoms in total. The molecule has 3 heterocycles. The number of hydrogen-bond donors (Lipinski definition) is 1. The highest BCUT2D eigenvalue weighted by Crippen LogP contribution is 2.31. The van der Waals surface area contributed by atoms with Gasteiger partial charge in [0.1, 0.15) is 0 Å². The number of hydrogen-bond acceptors (Lipinski definition) is 5. The molecule has 0 bridgehead atoms.